The number of aromatic carboxylic acids is 1. The summed E-state index contributed by atoms with van der Waals surface area (Å²) in [5, 5.41) is 8.62. The fourth-order valence-electron chi connectivity index (χ4n) is 0.919. The molecule has 0 radical (unpaired) electrons. The van der Waals surface area contributed by atoms with Gasteiger partial charge in [-0.2, -0.15) is 0 Å². The van der Waals surface area contributed by atoms with Gasteiger partial charge in [0.15, 0.2) is 5.69 Å². The Morgan fingerprint density at radius 1 is 1.57 bits per heavy atom. The summed E-state index contributed by atoms with van der Waals surface area (Å²) < 4.78 is 0. The number of nitrogens with zero attached hydrogens (tertiary/aromatic N) is 1. The van der Waals surface area contributed by atoms with E-state index in [1.165, 1.54) is 24.4 Å². The number of nitrogen functional groups attached to an aromatic ring is 1. The number of rotatable bonds is 3. The van der Waals surface area contributed by atoms with Gasteiger partial charge in [-0.3, -0.25) is 4.79 Å². The minimum absolute atomic E-state index is 0.0746. The summed E-state index contributed by atoms with van der Waals surface area (Å²) >= 11 is 0. The van der Waals surface area contributed by atoms with Crippen molar-refractivity contribution in [2.45, 2.75) is 0 Å². The first-order valence-electron chi connectivity index (χ1n) is 3.76. The standard InChI is InChI=1S/C9H8N2O3/c10-7-4-6(2-1-3-12)5-11-8(7)9(13)14/h1-5H,10H2,(H,13,14). The summed E-state index contributed by atoms with van der Waals surface area (Å²) in [6.07, 6.45) is 4.71. The quantitative estimate of drug-likeness (QED) is 0.539. The van der Waals surface area contributed by atoms with Gasteiger partial charge in [0.05, 0.1) is 5.69 Å². The van der Waals surface area contributed by atoms with E-state index in [1.807, 2.05) is 0 Å². The van der Waals surface area contributed by atoms with Crippen molar-refractivity contribution < 1.29 is 14.7 Å². The molecule has 14 heavy (non-hydrogen) atoms. The number of carboxylic acids is 1. The Hall–Kier alpha value is -2.17. The van der Waals surface area contributed by atoms with E-state index in [-0.39, 0.29) is 11.4 Å². The molecule has 0 fully saturated rings. The molecule has 3 N–H and O–H groups in total. The number of hydrogen-bond donors (Lipinski definition) is 2. The van der Waals surface area contributed by atoms with Crippen LogP contribution in [-0.2, 0) is 4.79 Å². The molecule has 1 aromatic rings. The number of carbonyl (C=O) groups excluding carboxylic acids is 1. The molecule has 0 saturated heterocycles. The molecule has 0 aliphatic rings. The maximum absolute atomic E-state index is 10.5. The molecule has 0 atom stereocenters. The van der Waals surface area contributed by atoms with Gasteiger partial charge in [0.2, 0.25) is 0 Å². The molecule has 0 bridgehead atoms. The average molecular weight is 192 g/mol. The highest BCUT2D eigenvalue weighted by molar-refractivity contribution is 5.91. The maximum atomic E-state index is 10.5. The van der Waals surface area contributed by atoms with Crippen LogP contribution in [0.2, 0.25) is 0 Å². The van der Waals surface area contributed by atoms with Crippen LogP contribution in [-0.4, -0.2) is 22.3 Å². The van der Waals surface area contributed by atoms with Gasteiger partial charge in [0.25, 0.3) is 0 Å². The van der Waals surface area contributed by atoms with Crippen LogP contribution in [0.4, 0.5) is 5.69 Å². The van der Waals surface area contributed by atoms with Crippen molar-refractivity contribution in [1.82, 2.24) is 4.98 Å². The van der Waals surface area contributed by atoms with Gasteiger partial charge in [0.1, 0.15) is 6.29 Å². The minimum Gasteiger partial charge on any atom is -0.476 e. The van der Waals surface area contributed by atoms with Crippen molar-refractivity contribution in [3.63, 3.8) is 0 Å². The molecular weight excluding hydrogens is 184 g/mol. The highest BCUT2D eigenvalue weighted by Gasteiger charge is 2.08. The van der Waals surface area contributed by atoms with Gasteiger partial charge in [-0.25, -0.2) is 9.78 Å². The van der Waals surface area contributed by atoms with Crippen molar-refractivity contribution >= 4 is 24.0 Å². The Balaban J connectivity index is 3.06. The highest BCUT2D eigenvalue weighted by atomic mass is 16.4. The molecule has 1 aromatic heterocycles. The number of aldehydes is 1. The van der Waals surface area contributed by atoms with Crippen molar-refractivity contribution in [3.8, 4) is 0 Å². The van der Waals surface area contributed by atoms with Crippen LogP contribution in [0.1, 0.15) is 16.1 Å². The lowest BCUT2D eigenvalue weighted by Crippen LogP contribution is -2.05. The second kappa shape index (κ2) is 4.18. The summed E-state index contributed by atoms with van der Waals surface area (Å²) in [6, 6.07) is 1.44. The van der Waals surface area contributed by atoms with Gasteiger partial charge in [-0.1, -0.05) is 6.08 Å². The van der Waals surface area contributed by atoms with Crippen LogP contribution < -0.4 is 5.73 Å². The maximum Gasteiger partial charge on any atom is 0.356 e. The number of carbonyl (C=O) groups is 2. The van der Waals surface area contributed by atoms with Crippen molar-refractivity contribution in [3.05, 3.63) is 29.6 Å². The third-order valence-electron chi connectivity index (χ3n) is 1.51. The molecule has 0 aliphatic carbocycles. The van der Waals surface area contributed by atoms with Crippen LogP contribution in [0, 0.1) is 0 Å². The Labute approximate surface area is 79.9 Å². The summed E-state index contributed by atoms with van der Waals surface area (Å²) in [5.41, 5.74) is 5.90. The zero-order valence-corrected chi connectivity index (χ0v) is 7.18. The molecule has 1 heterocycles. The number of nitrogens with two attached hydrogens (primary N) is 1. The monoisotopic (exact) mass is 192 g/mol. The normalized spacial score (nSPS) is 10.3. The number of allylic oxidation sites excluding steroid dienone is 1. The second-order valence-electron chi connectivity index (χ2n) is 2.51. The van der Waals surface area contributed by atoms with E-state index in [1.54, 1.807) is 0 Å². The average Bonchev–Trinajstić information content (AvgIpc) is 2.14. The Bertz CT molecular complexity index is 399. The Morgan fingerprint density at radius 2 is 2.29 bits per heavy atom. The predicted molar refractivity (Wildman–Crippen MR) is 50.7 cm³/mol. The molecule has 1 rings (SSSR count). The van der Waals surface area contributed by atoms with Crippen LogP contribution in [0.5, 0.6) is 0 Å². The molecule has 0 aliphatic heterocycles. The zero-order valence-electron chi connectivity index (χ0n) is 7.18. The van der Waals surface area contributed by atoms with Crippen molar-refractivity contribution in [2.75, 3.05) is 5.73 Å². The fourth-order valence-corrected chi connectivity index (χ4v) is 0.919. The molecule has 0 amide bonds. The second-order valence-corrected chi connectivity index (χ2v) is 2.51. The molecule has 72 valence electrons. The van der Waals surface area contributed by atoms with E-state index in [2.05, 4.69) is 4.98 Å². The first-order chi connectivity index (χ1) is 6.65. The van der Waals surface area contributed by atoms with E-state index in [9.17, 15) is 9.59 Å². The Kier molecular flexibility index (Phi) is 2.96. The van der Waals surface area contributed by atoms with E-state index in [0.29, 0.717) is 11.8 Å². The lowest BCUT2D eigenvalue weighted by atomic mass is 10.2. The first kappa shape index (κ1) is 9.91. The molecule has 5 heteroatoms. The number of aromatic nitrogens is 1. The highest BCUT2D eigenvalue weighted by Crippen LogP contribution is 2.11. The van der Waals surface area contributed by atoms with Crippen molar-refractivity contribution in [2.24, 2.45) is 0 Å². The molecule has 5 nitrogen and oxygen atoms in total. The lowest BCUT2D eigenvalue weighted by Gasteiger charge is -1.99. The lowest BCUT2D eigenvalue weighted by molar-refractivity contribution is -0.104. The van der Waals surface area contributed by atoms with Gasteiger partial charge in [-0.05, 0) is 17.7 Å². The van der Waals surface area contributed by atoms with Crippen LogP contribution in [0.25, 0.3) is 6.08 Å². The van der Waals surface area contributed by atoms with E-state index < -0.39 is 5.97 Å². The van der Waals surface area contributed by atoms with E-state index in [4.69, 9.17) is 10.8 Å². The zero-order chi connectivity index (χ0) is 10.6. The third kappa shape index (κ3) is 2.16. The summed E-state index contributed by atoms with van der Waals surface area (Å²) in [7, 11) is 0. The third-order valence-corrected chi connectivity index (χ3v) is 1.51. The molecule has 0 spiro atoms. The minimum atomic E-state index is -1.17. The smallest absolute Gasteiger partial charge is 0.356 e. The number of anilines is 1. The van der Waals surface area contributed by atoms with Crippen molar-refractivity contribution in [1.29, 1.82) is 0 Å². The number of pyridine rings is 1. The molecule has 0 saturated carbocycles. The van der Waals surface area contributed by atoms with Gasteiger partial charge in [-0.15, -0.1) is 0 Å². The van der Waals surface area contributed by atoms with Gasteiger partial charge >= 0.3 is 5.97 Å². The largest absolute Gasteiger partial charge is 0.476 e. The van der Waals surface area contributed by atoms with Crippen LogP contribution in [0.15, 0.2) is 18.3 Å². The predicted octanol–water partition coefficient (Wildman–Crippen LogP) is 0.574. The fraction of sp³-hybridized carbons (Fsp3) is 0. The molecular formula is C9H8N2O3. The topological polar surface area (TPSA) is 93.3 Å². The number of carboxylic acid groups (broad SMARTS) is 1. The Morgan fingerprint density at radius 3 is 2.79 bits per heavy atom. The van der Waals surface area contributed by atoms with Crippen LogP contribution >= 0.6 is 0 Å². The molecule has 0 unspecified atom stereocenters. The van der Waals surface area contributed by atoms with E-state index in [0.717, 1.165) is 0 Å². The molecule has 0 aromatic carbocycles. The summed E-state index contributed by atoms with van der Waals surface area (Å²) in [4.78, 5) is 24.2. The summed E-state index contributed by atoms with van der Waals surface area (Å²) in [6.45, 7) is 0. The first-order valence-corrected chi connectivity index (χ1v) is 3.76. The SMILES string of the molecule is Nc1cc(C=CC=O)cnc1C(=O)O. The van der Waals surface area contributed by atoms with E-state index >= 15 is 0 Å². The van der Waals surface area contributed by atoms with Crippen LogP contribution in [0.3, 0.4) is 0 Å². The van der Waals surface area contributed by atoms with Gasteiger partial charge < -0.3 is 10.8 Å². The number of hydrogen-bond acceptors (Lipinski definition) is 4. The summed E-state index contributed by atoms with van der Waals surface area (Å²) in [5.74, 6) is -1.17. The van der Waals surface area contributed by atoms with Gasteiger partial charge in [0, 0.05) is 6.20 Å².